The molecule has 41 heavy (non-hydrogen) atoms. The van der Waals surface area contributed by atoms with Gasteiger partial charge in [-0.25, -0.2) is 18.6 Å². The van der Waals surface area contributed by atoms with E-state index in [1.807, 2.05) is 4.57 Å². The monoisotopic (exact) mass is 586 g/mol. The maximum atomic E-state index is 14.7. The van der Waals surface area contributed by atoms with Crippen LogP contribution in [0.1, 0.15) is 34.7 Å². The Kier molecular flexibility index (Phi) is 8.96. The van der Waals surface area contributed by atoms with Gasteiger partial charge >= 0.3 is 5.97 Å². The number of fused-ring (bicyclic) bond motifs is 1. The number of hydrogen-bond donors (Lipinski definition) is 1. The van der Waals surface area contributed by atoms with E-state index in [0.29, 0.717) is 47.5 Å². The average molecular weight is 587 g/mol. The highest BCUT2D eigenvalue weighted by Crippen LogP contribution is 2.26. The van der Waals surface area contributed by atoms with Gasteiger partial charge in [-0.2, -0.15) is 0 Å². The summed E-state index contributed by atoms with van der Waals surface area (Å²) < 4.78 is 47.5. The highest BCUT2D eigenvalue weighted by molar-refractivity contribution is 6.30. The number of likely N-dealkylation sites (tertiary alicyclic amines) is 1. The number of rotatable bonds is 11. The minimum Gasteiger partial charge on any atom is -0.490 e. The van der Waals surface area contributed by atoms with Crippen LogP contribution in [0.2, 0.25) is 5.02 Å². The highest BCUT2D eigenvalue weighted by Gasteiger charge is 2.24. The lowest BCUT2D eigenvalue weighted by Gasteiger charge is -2.32. The second kappa shape index (κ2) is 12.8. The van der Waals surface area contributed by atoms with Gasteiger partial charge in [-0.15, -0.1) is 0 Å². The third kappa shape index (κ3) is 6.92. The molecule has 1 fully saturated rings. The number of carbonyl (C=O) groups is 1. The lowest BCUT2D eigenvalue weighted by Crippen LogP contribution is -2.38. The van der Waals surface area contributed by atoms with Crippen LogP contribution in [0.4, 0.5) is 8.78 Å². The molecule has 5 rings (SSSR count). The smallest absolute Gasteiger partial charge is 0.335 e. The maximum absolute atomic E-state index is 14.7. The number of carboxylic acid groups (broad SMARTS) is 1. The van der Waals surface area contributed by atoms with Gasteiger partial charge in [0.1, 0.15) is 29.8 Å². The number of carboxylic acids is 1. The minimum absolute atomic E-state index is 0.0148. The van der Waals surface area contributed by atoms with Gasteiger partial charge in [0, 0.05) is 44.0 Å². The molecule has 0 unspecified atom stereocenters. The molecule has 2 aromatic heterocycles. The van der Waals surface area contributed by atoms with Crippen molar-refractivity contribution < 1.29 is 32.9 Å². The van der Waals surface area contributed by atoms with E-state index in [1.165, 1.54) is 18.2 Å². The Balaban J connectivity index is 1.20. The average Bonchev–Trinajstić information content (AvgIpc) is 3.30. The summed E-state index contributed by atoms with van der Waals surface area (Å²) in [4.78, 5) is 22.5. The SMILES string of the molecule is COCCn1c(CN2CCC(Oc3ccnc(COc4ccc(Cl)cc4F)c3)CC2)nc2c(F)cc(C(=O)O)cc21. The van der Waals surface area contributed by atoms with Crippen LogP contribution < -0.4 is 9.47 Å². The Labute approximate surface area is 240 Å². The van der Waals surface area contributed by atoms with Crippen molar-refractivity contribution in [2.75, 3.05) is 26.8 Å². The van der Waals surface area contributed by atoms with Crippen molar-refractivity contribution in [1.82, 2.24) is 19.4 Å². The lowest BCUT2D eigenvalue weighted by molar-refractivity contribution is 0.0696. The summed E-state index contributed by atoms with van der Waals surface area (Å²) in [5, 5.41) is 9.67. The molecule has 9 nitrogen and oxygen atoms in total. The topological polar surface area (TPSA) is 98.9 Å². The normalized spacial score (nSPS) is 14.4. The molecule has 1 N–H and O–H groups in total. The van der Waals surface area contributed by atoms with Crippen LogP contribution in [0.15, 0.2) is 48.7 Å². The van der Waals surface area contributed by atoms with Crippen molar-refractivity contribution in [1.29, 1.82) is 0 Å². The zero-order valence-electron chi connectivity index (χ0n) is 22.4. The van der Waals surface area contributed by atoms with E-state index in [-0.39, 0.29) is 29.5 Å². The molecule has 0 bridgehead atoms. The predicted octanol–water partition coefficient (Wildman–Crippen LogP) is 5.33. The van der Waals surface area contributed by atoms with E-state index in [2.05, 4.69) is 14.9 Å². The van der Waals surface area contributed by atoms with Crippen molar-refractivity contribution in [2.45, 2.75) is 38.6 Å². The second-order valence-corrected chi connectivity index (χ2v) is 10.2. The fourth-order valence-corrected chi connectivity index (χ4v) is 4.99. The number of hydrogen-bond acceptors (Lipinski definition) is 7. The summed E-state index contributed by atoms with van der Waals surface area (Å²) >= 11 is 5.79. The molecule has 0 spiro atoms. The standard InChI is InChI=1S/C29H29ClF2N4O5/c1-39-11-10-36-25-13-18(29(37)38)12-24(32)28(25)34-27(36)16-35-8-5-21(6-9-35)41-22-4-7-33-20(15-22)17-40-26-3-2-19(30)14-23(26)31/h2-4,7,12-15,21H,5-6,8-11,16-17H2,1H3,(H,37,38). The number of pyridine rings is 1. The summed E-state index contributed by atoms with van der Waals surface area (Å²) in [5.41, 5.74) is 1.06. The summed E-state index contributed by atoms with van der Waals surface area (Å²) in [6.07, 6.45) is 3.14. The Morgan fingerprint density at radius 3 is 2.66 bits per heavy atom. The van der Waals surface area contributed by atoms with Crippen molar-refractivity contribution in [3.63, 3.8) is 0 Å². The summed E-state index contributed by atoms with van der Waals surface area (Å²) in [6, 6.07) is 10.2. The summed E-state index contributed by atoms with van der Waals surface area (Å²) in [6.45, 7) is 2.82. The Bertz CT molecular complexity index is 1540. The molecule has 3 heterocycles. The number of aromatic carboxylic acids is 1. The number of piperidine rings is 1. The van der Waals surface area contributed by atoms with Gasteiger partial charge in [0.05, 0.1) is 29.9 Å². The quantitative estimate of drug-likeness (QED) is 0.252. The zero-order chi connectivity index (χ0) is 28.9. The van der Waals surface area contributed by atoms with E-state index >= 15 is 0 Å². The van der Waals surface area contributed by atoms with Gasteiger partial charge in [0.2, 0.25) is 0 Å². The number of methoxy groups -OCH3 is 1. The molecular formula is C29H29ClF2N4O5. The van der Waals surface area contributed by atoms with Crippen LogP contribution in [0.5, 0.6) is 11.5 Å². The summed E-state index contributed by atoms with van der Waals surface area (Å²) in [7, 11) is 1.57. The van der Waals surface area contributed by atoms with Gasteiger partial charge < -0.3 is 23.9 Å². The van der Waals surface area contributed by atoms with Crippen LogP contribution in [0.3, 0.4) is 0 Å². The molecule has 216 valence electrons. The van der Waals surface area contributed by atoms with Gasteiger partial charge in [0.15, 0.2) is 17.4 Å². The fourth-order valence-electron chi connectivity index (χ4n) is 4.84. The van der Waals surface area contributed by atoms with Gasteiger partial charge in [-0.3, -0.25) is 9.88 Å². The van der Waals surface area contributed by atoms with Gasteiger partial charge in [-0.1, -0.05) is 11.6 Å². The maximum Gasteiger partial charge on any atom is 0.335 e. The first-order chi connectivity index (χ1) is 19.8. The number of imidazole rings is 1. The molecule has 0 aliphatic carbocycles. The molecule has 1 aliphatic heterocycles. The highest BCUT2D eigenvalue weighted by atomic mass is 35.5. The molecule has 0 radical (unpaired) electrons. The number of halogens is 3. The fraction of sp³-hybridized carbons (Fsp3) is 0.345. The lowest BCUT2D eigenvalue weighted by atomic mass is 10.1. The third-order valence-electron chi connectivity index (χ3n) is 6.91. The Morgan fingerprint density at radius 2 is 1.93 bits per heavy atom. The van der Waals surface area contributed by atoms with Crippen LogP contribution in [0, 0.1) is 11.6 Å². The van der Waals surface area contributed by atoms with Crippen molar-refractivity contribution in [3.05, 3.63) is 82.4 Å². The van der Waals surface area contributed by atoms with Crippen LogP contribution in [0.25, 0.3) is 11.0 Å². The van der Waals surface area contributed by atoms with E-state index in [9.17, 15) is 18.7 Å². The third-order valence-corrected chi connectivity index (χ3v) is 7.15. The number of benzene rings is 2. The molecule has 1 aliphatic rings. The Hall–Kier alpha value is -3.80. The van der Waals surface area contributed by atoms with E-state index in [1.54, 1.807) is 31.5 Å². The summed E-state index contributed by atoms with van der Waals surface area (Å²) in [5.74, 6) is -1.01. The molecule has 2 aromatic carbocycles. The first-order valence-corrected chi connectivity index (χ1v) is 13.5. The molecule has 1 saturated heterocycles. The number of nitrogens with zero attached hydrogens (tertiary/aromatic N) is 4. The first kappa shape index (κ1) is 28.7. The van der Waals surface area contributed by atoms with Crippen molar-refractivity contribution >= 4 is 28.6 Å². The van der Waals surface area contributed by atoms with Gasteiger partial charge in [-0.05, 0) is 49.2 Å². The van der Waals surface area contributed by atoms with Crippen LogP contribution in [-0.4, -0.2) is 63.4 Å². The van der Waals surface area contributed by atoms with Crippen LogP contribution >= 0.6 is 11.6 Å². The van der Waals surface area contributed by atoms with Crippen LogP contribution in [-0.2, 0) is 24.4 Å². The van der Waals surface area contributed by atoms with E-state index < -0.39 is 17.6 Å². The molecule has 4 aromatic rings. The largest absolute Gasteiger partial charge is 0.490 e. The number of ether oxygens (including phenoxy) is 3. The zero-order valence-corrected chi connectivity index (χ0v) is 23.1. The first-order valence-electron chi connectivity index (χ1n) is 13.1. The van der Waals surface area contributed by atoms with Gasteiger partial charge in [0.25, 0.3) is 0 Å². The molecular weight excluding hydrogens is 558 g/mol. The number of aromatic nitrogens is 3. The minimum atomic E-state index is -1.20. The molecule has 0 amide bonds. The van der Waals surface area contributed by atoms with Crippen molar-refractivity contribution in [3.8, 4) is 11.5 Å². The molecule has 0 atom stereocenters. The second-order valence-electron chi connectivity index (χ2n) is 9.74. The molecule has 0 saturated carbocycles. The predicted molar refractivity (Wildman–Crippen MR) is 147 cm³/mol. The molecule has 12 heteroatoms. The van der Waals surface area contributed by atoms with E-state index in [0.717, 1.165) is 32.0 Å². The van der Waals surface area contributed by atoms with Crippen molar-refractivity contribution in [2.24, 2.45) is 0 Å². The Morgan fingerprint density at radius 1 is 1.12 bits per heavy atom. The van der Waals surface area contributed by atoms with E-state index in [4.69, 9.17) is 25.8 Å².